The lowest BCUT2D eigenvalue weighted by atomic mass is 9.87. The third-order valence-corrected chi connectivity index (χ3v) is 5.34. The van der Waals surface area contributed by atoms with Gasteiger partial charge in [-0.2, -0.15) is 10.2 Å². The van der Waals surface area contributed by atoms with Gasteiger partial charge in [0.2, 0.25) is 0 Å². The van der Waals surface area contributed by atoms with E-state index in [1.54, 1.807) is 4.68 Å². The van der Waals surface area contributed by atoms with Gasteiger partial charge < -0.3 is 5.32 Å². The van der Waals surface area contributed by atoms with E-state index in [1.807, 2.05) is 0 Å². The molecular weight excluding hydrogens is 390 g/mol. The highest BCUT2D eigenvalue weighted by molar-refractivity contribution is 6.30. The van der Waals surface area contributed by atoms with Gasteiger partial charge in [0.15, 0.2) is 11.3 Å². The summed E-state index contributed by atoms with van der Waals surface area (Å²) >= 11 is 5.86. The molecule has 1 aliphatic carbocycles. The quantitative estimate of drug-likeness (QED) is 0.688. The van der Waals surface area contributed by atoms with Crippen LogP contribution in [0.5, 0.6) is 0 Å². The third kappa shape index (κ3) is 3.58. The van der Waals surface area contributed by atoms with E-state index in [-0.39, 0.29) is 22.9 Å². The van der Waals surface area contributed by atoms with Gasteiger partial charge >= 0.3 is 0 Å². The molecule has 3 aromatic rings. The smallest absolute Gasteiger partial charge is 0.284 e. The van der Waals surface area contributed by atoms with Gasteiger partial charge in [-0.05, 0) is 31.6 Å². The fourth-order valence-corrected chi connectivity index (χ4v) is 3.70. The molecule has 1 N–H and O–H groups in total. The molecule has 0 saturated heterocycles. The van der Waals surface area contributed by atoms with Crippen molar-refractivity contribution in [2.45, 2.75) is 45.1 Å². The number of carbonyl (C=O) groups is 1. The Morgan fingerprint density at radius 2 is 2.00 bits per heavy atom. The van der Waals surface area contributed by atoms with E-state index in [4.69, 9.17) is 11.6 Å². The second kappa shape index (κ2) is 7.46. The molecule has 1 aliphatic rings. The summed E-state index contributed by atoms with van der Waals surface area (Å²) < 4.78 is 29.9. The first-order chi connectivity index (χ1) is 13.4. The van der Waals surface area contributed by atoms with E-state index in [1.165, 1.54) is 29.3 Å². The number of nitrogens with zero attached hydrogens (tertiary/aromatic N) is 5. The number of amides is 1. The maximum atomic E-state index is 13.5. The first-order valence-corrected chi connectivity index (χ1v) is 9.47. The van der Waals surface area contributed by atoms with E-state index >= 15 is 0 Å². The Balaban J connectivity index is 1.60. The number of fused-ring (bicyclic) bond motifs is 1. The Labute approximate surface area is 164 Å². The second-order valence-electron chi connectivity index (χ2n) is 7.18. The monoisotopic (exact) mass is 408 g/mol. The van der Waals surface area contributed by atoms with Gasteiger partial charge in [-0.25, -0.2) is 18.3 Å². The molecule has 0 aromatic carbocycles. The van der Waals surface area contributed by atoms with Gasteiger partial charge in [-0.3, -0.25) is 9.48 Å². The summed E-state index contributed by atoms with van der Waals surface area (Å²) in [5.74, 6) is 0.0562. The number of aromatic nitrogens is 5. The zero-order valence-corrected chi connectivity index (χ0v) is 15.9. The Morgan fingerprint density at radius 1 is 1.25 bits per heavy atom. The molecule has 3 aromatic heterocycles. The Hall–Kier alpha value is -2.55. The lowest BCUT2D eigenvalue weighted by Crippen LogP contribution is -2.17. The number of anilines is 1. The maximum Gasteiger partial charge on any atom is 0.284 e. The minimum Gasteiger partial charge on any atom is -0.319 e. The molecule has 10 heteroatoms. The number of nitrogens with one attached hydrogen (secondary N) is 1. The van der Waals surface area contributed by atoms with Crippen LogP contribution < -0.4 is 5.32 Å². The van der Waals surface area contributed by atoms with Gasteiger partial charge in [0.05, 0.1) is 29.1 Å². The standard InChI is InChI=1S/C18H19ClF2N6O/c1-10-2-4-12(5-3-10)26-9-14(15(25-26)16(20)21)24-18(28)13-7-23-27-8-11(19)6-22-17(13)27/h6-10,12,16H,2-5H2,1H3,(H,24,28)/t10-,12-. The molecule has 0 radical (unpaired) electrons. The molecule has 0 bridgehead atoms. The van der Waals surface area contributed by atoms with E-state index < -0.39 is 18.0 Å². The Bertz CT molecular complexity index is 1010. The van der Waals surface area contributed by atoms with Crippen molar-refractivity contribution >= 4 is 28.8 Å². The minimum absolute atomic E-state index is 0.00642. The minimum atomic E-state index is -2.79. The van der Waals surface area contributed by atoms with Gasteiger partial charge in [0.1, 0.15) is 5.56 Å². The number of hydrogen-bond acceptors (Lipinski definition) is 4. The maximum absolute atomic E-state index is 13.5. The van der Waals surface area contributed by atoms with Crippen LogP contribution in [0.2, 0.25) is 5.02 Å². The third-order valence-electron chi connectivity index (χ3n) is 5.14. The molecule has 7 nitrogen and oxygen atoms in total. The lowest BCUT2D eigenvalue weighted by molar-refractivity contribution is 0.102. The number of alkyl halides is 2. The van der Waals surface area contributed by atoms with E-state index in [0.717, 1.165) is 25.7 Å². The van der Waals surface area contributed by atoms with E-state index in [0.29, 0.717) is 10.9 Å². The number of halogens is 3. The summed E-state index contributed by atoms with van der Waals surface area (Å²) in [5, 5.41) is 11.0. The van der Waals surface area contributed by atoms with Crippen LogP contribution in [0.15, 0.2) is 24.8 Å². The predicted molar refractivity (Wildman–Crippen MR) is 99.8 cm³/mol. The topological polar surface area (TPSA) is 77.1 Å². The van der Waals surface area contributed by atoms with Crippen LogP contribution in [-0.2, 0) is 0 Å². The van der Waals surface area contributed by atoms with Crippen molar-refractivity contribution in [2.75, 3.05) is 5.32 Å². The van der Waals surface area contributed by atoms with Crippen molar-refractivity contribution in [3.63, 3.8) is 0 Å². The van der Waals surface area contributed by atoms with E-state index in [2.05, 4.69) is 27.4 Å². The molecule has 28 heavy (non-hydrogen) atoms. The SMILES string of the molecule is C[C@H]1CC[C@H](n2cc(NC(=O)c3cnn4cc(Cl)cnc34)c(C(F)F)n2)CC1. The number of rotatable bonds is 4. The Morgan fingerprint density at radius 3 is 2.71 bits per heavy atom. The molecular formula is C18H19ClF2N6O. The van der Waals surface area contributed by atoms with Crippen molar-refractivity contribution in [1.29, 1.82) is 0 Å². The summed E-state index contributed by atoms with van der Waals surface area (Å²) in [6.07, 6.45) is 6.77. The highest BCUT2D eigenvalue weighted by Gasteiger charge is 2.26. The molecule has 1 saturated carbocycles. The zero-order chi connectivity index (χ0) is 19.8. The first kappa shape index (κ1) is 18.8. The van der Waals surface area contributed by atoms with Crippen LogP contribution in [0, 0.1) is 5.92 Å². The van der Waals surface area contributed by atoms with Gasteiger partial charge in [0.25, 0.3) is 12.3 Å². The van der Waals surface area contributed by atoms with Crippen molar-refractivity contribution in [2.24, 2.45) is 5.92 Å². The van der Waals surface area contributed by atoms with Gasteiger partial charge in [0, 0.05) is 12.4 Å². The molecule has 1 amide bonds. The van der Waals surface area contributed by atoms with Gasteiger partial charge in [-0.1, -0.05) is 18.5 Å². The summed E-state index contributed by atoms with van der Waals surface area (Å²) in [7, 11) is 0. The van der Waals surface area contributed by atoms with Crippen molar-refractivity contribution < 1.29 is 13.6 Å². The fraction of sp³-hybridized carbons (Fsp3) is 0.444. The molecule has 4 rings (SSSR count). The predicted octanol–water partition coefficient (Wildman–Crippen LogP) is 4.52. The zero-order valence-electron chi connectivity index (χ0n) is 15.1. The van der Waals surface area contributed by atoms with Crippen molar-refractivity contribution in [3.8, 4) is 0 Å². The van der Waals surface area contributed by atoms with Crippen LogP contribution in [0.25, 0.3) is 5.65 Å². The highest BCUT2D eigenvalue weighted by atomic mass is 35.5. The summed E-state index contributed by atoms with van der Waals surface area (Å²) in [4.78, 5) is 16.7. The summed E-state index contributed by atoms with van der Waals surface area (Å²) in [6.45, 7) is 2.19. The normalized spacial score (nSPS) is 20.0. The molecule has 1 fully saturated rings. The molecule has 0 aliphatic heterocycles. The molecule has 3 heterocycles. The van der Waals surface area contributed by atoms with E-state index in [9.17, 15) is 13.6 Å². The average Bonchev–Trinajstić information content (AvgIpc) is 3.26. The summed E-state index contributed by atoms with van der Waals surface area (Å²) in [5.41, 5.74) is 0.0247. The second-order valence-corrected chi connectivity index (χ2v) is 7.61. The number of carbonyl (C=O) groups excluding carboxylic acids is 1. The van der Waals surface area contributed by atoms with Crippen LogP contribution >= 0.6 is 11.6 Å². The first-order valence-electron chi connectivity index (χ1n) is 9.10. The highest BCUT2D eigenvalue weighted by Crippen LogP contribution is 2.34. The lowest BCUT2D eigenvalue weighted by Gasteiger charge is -2.26. The molecule has 0 atom stereocenters. The van der Waals surface area contributed by atoms with Crippen molar-refractivity contribution in [3.05, 3.63) is 41.1 Å². The molecule has 0 spiro atoms. The van der Waals surface area contributed by atoms with Crippen LogP contribution in [-0.4, -0.2) is 30.3 Å². The number of hydrogen-bond donors (Lipinski definition) is 1. The summed E-state index contributed by atoms with van der Waals surface area (Å²) in [6, 6.07) is 0.0696. The largest absolute Gasteiger partial charge is 0.319 e. The average molecular weight is 409 g/mol. The Kier molecular flexibility index (Phi) is 5.01. The fourth-order valence-electron chi connectivity index (χ4n) is 3.56. The molecule has 148 valence electrons. The van der Waals surface area contributed by atoms with Crippen molar-refractivity contribution in [1.82, 2.24) is 24.4 Å². The van der Waals surface area contributed by atoms with Crippen LogP contribution in [0.4, 0.5) is 14.5 Å². The van der Waals surface area contributed by atoms with Crippen LogP contribution in [0.1, 0.15) is 61.1 Å². The molecule has 0 unspecified atom stereocenters. The van der Waals surface area contributed by atoms with Gasteiger partial charge in [-0.15, -0.1) is 0 Å². The van der Waals surface area contributed by atoms with Crippen LogP contribution in [0.3, 0.4) is 0 Å².